The van der Waals surface area contributed by atoms with Crippen LogP contribution in [0.5, 0.6) is 0 Å². The van der Waals surface area contributed by atoms with Crippen molar-refractivity contribution in [1.29, 1.82) is 0 Å². The van der Waals surface area contributed by atoms with E-state index in [1.165, 1.54) is 37.0 Å². The fourth-order valence-corrected chi connectivity index (χ4v) is 2.87. The first-order valence-electron chi connectivity index (χ1n) is 5.97. The summed E-state index contributed by atoms with van der Waals surface area (Å²) in [6, 6.07) is 0. The molecule has 2 N–H and O–H groups in total. The summed E-state index contributed by atoms with van der Waals surface area (Å²) in [7, 11) is 0. The monoisotopic (exact) mass is 237 g/mol. The standard InChI is InChI=1S/C12H19N3S/c1-9-7-14-11(16-9)8-15-12(13)10-5-3-2-4-6-10/h7,10H,2-6,8H2,1H3,(H2,13,15). The van der Waals surface area contributed by atoms with Crippen molar-refractivity contribution in [1.82, 2.24) is 4.98 Å². The van der Waals surface area contributed by atoms with Gasteiger partial charge in [-0.2, -0.15) is 0 Å². The Morgan fingerprint density at radius 2 is 2.25 bits per heavy atom. The lowest BCUT2D eigenvalue weighted by Crippen LogP contribution is -2.25. The maximum absolute atomic E-state index is 6.03. The van der Waals surface area contributed by atoms with Gasteiger partial charge in [0.15, 0.2) is 0 Å². The second kappa shape index (κ2) is 5.43. The summed E-state index contributed by atoms with van der Waals surface area (Å²) < 4.78 is 0. The van der Waals surface area contributed by atoms with Crippen LogP contribution in [0.15, 0.2) is 11.2 Å². The van der Waals surface area contributed by atoms with Crippen LogP contribution in [0.1, 0.15) is 42.0 Å². The Morgan fingerprint density at radius 3 is 2.88 bits per heavy atom. The topological polar surface area (TPSA) is 51.3 Å². The van der Waals surface area contributed by atoms with Gasteiger partial charge in [-0.15, -0.1) is 11.3 Å². The van der Waals surface area contributed by atoms with E-state index in [1.807, 2.05) is 6.20 Å². The van der Waals surface area contributed by atoms with Crippen molar-refractivity contribution >= 4 is 17.2 Å². The number of hydrogen-bond donors (Lipinski definition) is 1. The molecule has 1 aromatic rings. The summed E-state index contributed by atoms with van der Waals surface area (Å²) >= 11 is 1.70. The smallest absolute Gasteiger partial charge is 0.114 e. The van der Waals surface area contributed by atoms with Crippen molar-refractivity contribution in [2.75, 3.05) is 0 Å². The lowest BCUT2D eigenvalue weighted by atomic mass is 9.88. The molecule has 2 rings (SSSR count). The van der Waals surface area contributed by atoms with Crippen LogP contribution >= 0.6 is 11.3 Å². The van der Waals surface area contributed by atoms with Crippen molar-refractivity contribution in [2.24, 2.45) is 16.6 Å². The number of hydrogen-bond acceptors (Lipinski definition) is 3. The predicted molar refractivity (Wildman–Crippen MR) is 68.8 cm³/mol. The molecule has 0 bridgehead atoms. The molecule has 0 radical (unpaired) electrons. The summed E-state index contributed by atoms with van der Waals surface area (Å²) in [5.74, 6) is 1.36. The molecule has 1 aromatic heterocycles. The highest BCUT2D eigenvalue weighted by atomic mass is 32.1. The minimum Gasteiger partial charge on any atom is -0.387 e. The van der Waals surface area contributed by atoms with Gasteiger partial charge in [0.05, 0.1) is 12.4 Å². The Balaban J connectivity index is 1.90. The van der Waals surface area contributed by atoms with Crippen molar-refractivity contribution in [2.45, 2.75) is 45.6 Å². The molecule has 0 unspecified atom stereocenters. The van der Waals surface area contributed by atoms with Gasteiger partial charge >= 0.3 is 0 Å². The van der Waals surface area contributed by atoms with E-state index in [-0.39, 0.29) is 0 Å². The second-order valence-electron chi connectivity index (χ2n) is 4.44. The third kappa shape index (κ3) is 3.04. The fraction of sp³-hybridized carbons (Fsp3) is 0.667. The minimum absolute atomic E-state index is 0.523. The average molecular weight is 237 g/mol. The molecule has 0 amide bonds. The van der Waals surface area contributed by atoms with Gasteiger partial charge in [-0.05, 0) is 19.8 Å². The van der Waals surface area contributed by atoms with E-state index in [9.17, 15) is 0 Å². The molecule has 0 spiro atoms. The zero-order valence-electron chi connectivity index (χ0n) is 9.78. The van der Waals surface area contributed by atoms with E-state index in [0.29, 0.717) is 12.5 Å². The van der Waals surface area contributed by atoms with Gasteiger partial charge in [0.1, 0.15) is 5.01 Å². The van der Waals surface area contributed by atoms with Crippen LogP contribution in [0.4, 0.5) is 0 Å². The first kappa shape index (κ1) is 11.6. The molecule has 0 atom stereocenters. The Morgan fingerprint density at radius 1 is 1.50 bits per heavy atom. The highest BCUT2D eigenvalue weighted by molar-refractivity contribution is 7.11. The summed E-state index contributed by atoms with van der Waals surface area (Å²) in [5.41, 5.74) is 6.03. The molecule has 1 aliphatic rings. The van der Waals surface area contributed by atoms with Crippen LogP contribution in [-0.2, 0) is 6.54 Å². The molecule has 88 valence electrons. The molecule has 16 heavy (non-hydrogen) atoms. The van der Waals surface area contributed by atoms with Crippen molar-refractivity contribution in [3.8, 4) is 0 Å². The Kier molecular flexibility index (Phi) is 3.93. The average Bonchev–Trinajstić information content (AvgIpc) is 2.73. The number of aromatic nitrogens is 1. The third-order valence-electron chi connectivity index (χ3n) is 3.09. The van der Waals surface area contributed by atoms with E-state index in [1.54, 1.807) is 11.3 Å². The van der Waals surface area contributed by atoms with Crippen molar-refractivity contribution < 1.29 is 0 Å². The quantitative estimate of drug-likeness (QED) is 0.649. The van der Waals surface area contributed by atoms with E-state index in [0.717, 1.165) is 10.8 Å². The van der Waals surface area contributed by atoms with E-state index in [2.05, 4.69) is 16.9 Å². The lowest BCUT2D eigenvalue weighted by Gasteiger charge is -2.20. The van der Waals surface area contributed by atoms with Crippen LogP contribution in [-0.4, -0.2) is 10.8 Å². The fourth-order valence-electron chi connectivity index (χ4n) is 2.16. The van der Waals surface area contributed by atoms with E-state index < -0.39 is 0 Å². The summed E-state index contributed by atoms with van der Waals surface area (Å²) in [6.07, 6.45) is 8.29. The highest BCUT2D eigenvalue weighted by Crippen LogP contribution is 2.24. The highest BCUT2D eigenvalue weighted by Gasteiger charge is 2.16. The van der Waals surface area contributed by atoms with Gasteiger partial charge in [0.2, 0.25) is 0 Å². The van der Waals surface area contributed by atoms with Gasteiger partial charge in [-0.25, -0.2) is 4.98 Å². The van der Waals surface area contributed by atoms with E-state index >= 15 is 0 Å². The number of aliphatic imine (C=N–C) groups is 1. The number of thiazole rings is 1. The molecule has 0 saturated heterocycles. The van der Waals surface area contributed by atoms with Crippen LogP contribution in [0.25, 0.3) is 0 Å². The van der Waals surface area contributed by atoms with Crippen LogP contribution in [0.3, 0.4) is 0 Å². The number of amidine groups is 1. The molecule has 1 fully saturated rings. The number of rotatable bonds is 3. The van der Waals surface area contributed by atoms with E-state index in [4.69, 9.17) is 5.73 Å². The van der Waals surface area contributed by atoms with Gasteiger partial charge < -0.3 is 5.73 Å². The predicted octanol–water partition coefficient (Wildman–Crippen LogP) is 2.89. The summed E-state index contributed by atoms with van der Waals surface area (Å²) in [5, 5.41) is 1.07. The zero-order chi connectivity index (χ0) is 11.4. The molecule has 0 aromatic carbocycles. The molecule has 1 heterocycles. The number of nitrogens with two attached hydrogens (primary N) is 1. The molecule has 3 nitrogen and oxygen atoms in total. The molecule has 1 aliphatic carbocycles. The Bertz CT molecular complexity index is 364. The molecular formula is C12H19N3S. The van der Waals surface area contributed by atoms with Gasteiger partial charge in [-0.1, -0.05) is 19.3 Å². The normalized spacial score (nSPS) is 18.9. The summed E-state index contributed by atoms with van der Waals surface area (Å²) in [4.78, 5) is 10.00. The maximum atomic E-state index is 6.03. The van der Waals surface area contributed by atoms with Gasteiger partial charge in [-0.3, -0.25) is 4.99 Å². The largest absolute Gasteiger partial charge is 0.387 e. The first-order valence-corrected chi connectivity index (χ1v) is 6.78. The van der Waals surface area contributed by atoms with Crippen LogP contribution < -0.4 is 5.73 Å². The Labute approximate surface area is 101 Å². The summed E-state index contributed by atoms with van der Waals surface area (Å²) in [6.45, 7) is 2.72. The first-order chi connectivity index (χ1) is 7.75. The SMILES string of the molecule is Cc1cnc(CN=C(N)C2CCCCC2)s1. The van der Waals surface area contributed by atoms with Crippen LogP contribution in [0.2, 0.25) is 0 Å². The van der Waals surface area contributed by atoms with Gasteiger partial charge in [0, 0.05) is 17.0 Å². The van der Waals surface area contributed by atoms with Crippen molar-refractivity contribution in [3.05, 3.63) is 16.1 Å². The van der Waals surface area contributed by atoms with Gasteiger partial charge in [0.25, 0.3) is 0 Å². The molecular weight excluding hydrogens is 218 g/mol. The third-order valence-corrected chi connectivity index (χ3v) is 3.99. The van der Waals surface area contributed by atoms with Crippen molar-refractivity contribution in [3.63, 3.8) is 0 Å². The maximum Gasteiger partial charge on any atom is 0.114 e. The lowest BCUT2D eigenvalue weighted by molar-refractivity contribution is 0.436. The molecule has 4 heteroatoms. The van der Waals surface area contributed by atoms with Crippen LogP contribution in [0, 0.1) is 12.8 Å². The Hall–Kier alpha value is -0.900. The molecule has 0 aliphatic heterocycles. The number of aryl methyl sites for hydroxylation is 1. The number of nitrogens with zero attached hydrogens (tertiary/aromatic N) is 2. The zero-order valence-corrected chi connectivity index (χ0v) is 10.6. The second-order valence-corrected chi connectivity index (χ2v) is 5.76. The molecule has 1 saturated carbocycles. The minimum atomic E-state index is 0.523.